The normalized spacial score (nSPS) is 11.5. The number of rotatable bonds is 1. The van der Waals surface area contributed by atoms with Gasteiger partial charge in [-0.1, -0.05) is 0 Å². The van der Waals surface area contributed by atoms with E-state index in [0.29, 0.717) is 4.90 Å². The lowest BCUT2D eigenvalue weighted by molar-refractivity contribution is -0.137. The summed E-state index contributed by atoms with van der Waals surface area (Å²) in [5.74, 6) is 4.93. The fourth-order valence-electron chi connectivity index (χ4n) is 0.899. The van der Waals surface area contributed by atoms with Crippen LogP contribution in [0.1, 0.15) is 5.56 Å². The molecule has 6 heteroatoms. The minimum atomic E-state index is -4.40. The molecule has 0 unspecified atom stereocenters. The zero-order chi connectivity index (χ0) is 10.1. The molecule has 0 amide bonds. The van der Waals surface area contributed by atoms with Gasteiger partial charge >= 0.3 is 6.18 Å². The molecule has 0 fully saturated rings. The second kappa shape index (κ2) is 3.47. The minimum absolute atomic E-state index is 0.181. The summed E-state index contributed by atoms with van der Waals surface area (Å²) in [7, 11) is 0. The third-order valence-corrected chi connectivity index (χ3v) is 1.74. The van der Waals surface area contributed by atoms with Gasteiger partial charge in [0.1, 0.15) is 0 Å². The van der Waals surface area contributed by atoms with Gasteiger partial charge in [-0.05, 0) is 18.2 Å². The van der Waals surface area contributed by atoms with Crippen LogP contribution in [0.5, 0.6) is 0 Å². The standard InChI is InChI=1S/C7H7F3N2S/c8-7(9,10)5-2-1-4(13)3-6(5)12-11/h1-3,12-13H,11H2. The maximum absolute atomic E-state index is 12.2. The smallest absolute Gasteiger partial charge is 0.323 e. The molecule has 13 heavy (non-hydrogen) atoms. The number of hydrogen-bond donors (Lipinski definition) is 3. The SMILES string of the molecule is NNc1cc(S)ccc1C(F)(F)F. The fourth-order valence-corrected chi connectivity index (χ4v) is 1.10. The molecule has 0 radical (unpaired) electrons. The van der Waals surface area contributed by atoms with Crippen molar-refractivity contribution in [3.8, 4) is 0 Å². The molecule has 0 aliphatic rings. The molecule has 3 N–H and O–H groups in total. The van der Waals surface area contributed by atoms with Gasteiger partial charge in [0.2, 0.25) is 0 Å². The van der Waals surface area contributed by atoms with Gasteiger partial charge in [-0.3, -0.25) is 5.84 Å². The van der Waals surface area contributed by atoms with Crippen molar-refractivity contribution in [3.63, 3.8) is 0 Å². The molecule has 0 heterocycles. The van der Waals surface area contributed by atoms with Gasteiger partial charge in [-0.25, -0.2) is 0 Å². The molecule has 1 aromatic rings. The van der Waals surface area contributed by atoms with Crippen molar-refractivity contribution in [3.05, 3.63) is 23.8 Å². The van der Waals surface area contributed by atoms with E-state index in [9.17, 15) is 13.2 Å². The number of hydrazine groups is 1. The van der Waals surface area contributed by atoms with Crippen LogP contribution in [-0.2, 0) is 6.18 Å². The molecule has 1 rings (SSSR count). The number of anilines is 1. The van der Waals surface area contributed by atoms with Crippen LogP contribution in [0, 0.1) is 0 Å². The summed E-state index contributed by atoms with van der Waals surface area (Å²) >= 11 is 3.89. The Morgan fingerprint density at radius 1 is 1.31 bits per heavy atom. The highest BCUT2D eigenvalue weighted by molar-refractivity contribution is 7.80. The molecule has 0 atom stereocenters. The quantitative estimate of drug-likeness (QED) is 0.376. The number of alkyl halides is 3. The average Bonchev–Trinajstić information content (AvgIpc) is 2.01. The number of nitrogens with one attached hydrogen (secondary N) is 1. The second-order valence-electron chi connectivity index (χ2n) is 2.37. The first kappa shape index (κ1) is 10.2. The van der Waals surface area contributed by atoms with Crippen LogP contribution >= 0.6 is 12.6 Å². The second-order valence-corrected chi connectivity index (χ2v) is 2.89. The van der Waals surface area contributed by atoms with Gasteiger partial charge in [0.05, 0.1) is 11.3 Å². The van der Waals surface area contributed by atoms with E-state index in [0.717, 1.165) is 6.07 Å². The van der Waals surface area contributed by atoms with E-state index in [1.54, 1.807) is 0 Å². The van der Waals surface area contributed by atoms with Crippen LogP contribution in [0.15, 0.2) is 23.1 Å². The first-order chi connectivity index (χ1) is 5.95. The molecule has 0 spiro atoms. The van der Waals surface area contributed by atoms with E-state index < -0.39 is 11.7 Å². The van der Waals surface area contributed by atoms with Crippen molar-refractivity contribution >= 4 is 18.3 Å². The zero-order valence-corrected chi connectivity index (χ0v) is 7.28. The van der Waals surface area contributed by atoms with Crippen molar-refractivity contribution in [2.24, 2.45) is 5.84 Å². The molecule has 72 valence electrons. The van der Waals surface area contributed by atoms with Gasteiger partial charge in [0.15, 0.2) is 0 Å². The summed E-state index contributed by atoms with van der Waals surface area (Å²) in [4.78, 5) is 0.418. The van der Waals surface area contributed by atoms with Crippen LogP contribution in [0.3, 0.4) is 0 Å². The number of benzene rings is 1. The summed E-state index contributed by atoms with van der Waals surface area (Å²) in [6, 6.07) is 3.40. The third-order valence-electron chi connectivity index (χ3n) is 1.46. The van der Waals surface area contributed by atoms with E-state index in [4.69, 9.17) is 5.84 Å². The lowest BCUT2D eigenvalue weighted by Crippen LogP contribution is -2.14. The topological polar surface area (TPSA) is 38.0 Å². The molecule has 0 aromatic heterocycles. The number of hydrogen-bond acceptors (Lipinski definition) is 3. The van der Waals surface area contributed by atoms with E-state index in [1.807, 2.05) is 5.43 Å². The Kier molecular flexibility index (Phi) is 2.72. The maximum atomic E-state index is 12.2. The Morgan fingerprint density at radius 3 is 2.38 bits per heavy atom. The highest BCUT2D eigenvalue weighted by atomic mass is 32.1. The molecule has 0 aliphatic heterocycles. The molecule has 2 nitrogen and oxygen atoms in total. The van der Waals surface area contributed by atoms with Crippen LogP contribution in [0.25, 0.3) is 0 Å². The molecule has 0 aliphatic carbocycles. The Hall–Kier alpha value is -0.880. The first-order valence-corrected chi connectivity index (χ1v) is 3.76. The number of halogens is 3. The molecule has 0 saturated carbocycles. The van der Waals surface area contributed by atoms with E-state index in [2.05, 4.69) is 12.6 Å². The highest BCUT2D eigenvalue weighted by Gasteiger charge is 2.33. The summed E-state index contributed by atoms with van der Waals surface area (Å²) in [6.45, 7) is 0. The molecule has 0 bridgehead atoms. The number of nitrogens with two attached hydrogens (primary N) is 1. The van der Waals surface area contributed by atoms with Gasteiger partial charge in [-0.15, -0.1) is 12.6 Å². The zero-order valence-electron chi connectivity index (χ0n) is 6.39. The average molecular weight is 208 g/mol. The summed E-state index contributed by atoms with van der Waals surface area (Å²) < 4.78 is 36.7. The summed E-state index contributed by atoms with van der Waals surface area (Å²) in [5, 5.41) is 0. The van der Waals surface area contributed by atoms with Crippen LogP contribution < -0.4 is 11.3 Å². The summed E-state index contributed by atoms with van der Waals surface area (Å²) in [5.41, 5.74) is 0.995. The van der Waals surface area contributed by atoms with Crippen LogP contribution in [-0.4, -0.2) is 0 Å². The first-order valence-electron chi connectivity index (χ1n) is 3.32. The van der Waals surface area contributed by atoms with Gasteiger partial charge < -0.3 is 5.43 Å². The Morgan fingerprint density at radius 2 is 1.92 bits per heavy atom. The molecular weight excluding hydrogens is 201 g/mol. The number of thiol groups is 1. The van der Waals surface area contributed by atoms with Gasteiger partial charge in [0, 0.05) is 4.90 Å². The van der Waals surface area contributed by atoms with Crippen molar-refractivity contribution in [1.82, 2.24) is 0 Å². The highest BCUT2D eigenvalue weighted by Crippen LogP contribution is 2.35. The minimum Gasteiger partial charge on any atom is -0.323 e. The van der Waals surface area contributed by atoms with Crippen molar-refractivity contribution in [1.29, 1.82) is 0 Å². The Labute approximate surface area is 78.3 Å². The fraction of sp³-hybridized carbons (Fsp3) is 0.143. The van der Waals surface area contributed by atoms with Crippen molar-refractivity contribution < 1.29 is 13.2 Å². The summed E-state index contributed by atoms with van der Waals surface area (Å²) in [6.07, 6.45) is -4.40. The lowest BCUT2D eigenvalue weighted by Gasteiger charge is -2.12. The molecule has 0 saturated heterocycles. The van der Waals surface area contributed by atoms with Crippen LogP contribution in [0.2, 0.25) is 0 Å². The molecular formula is C7H7F3N2S. The van der Waals surface area contributed by atoms with E-state index >= 15 is 0 Å². The van der Waals surface area contributed by atoms with Crippen LogP contribution in [0.4, 0.5) is 18.9 Å². The third kappa shape index (κ3) is 2.28. The Bertz CT molecular complexity index is 311. The van der Waals surface area contributed by atoms with Gasteiger partial charge in [-0.2, -0.15) is 13.2 Å². The van der Waals surface area contributed by atoms with Crippen molar-refractivity contribution in [2.45, 2.75) is 11.1 Å². The maximum Gasteiger partial charge on any atom is 0.418 e. The Balaban J connectivity index is 3.22. The van der Waals surface area contributed by atoms with E-state index in [-0.39, 0.29) is 5.69 Å². The lowest BCUT2D eigenvalue weighted by atomic mass is 10.2. The predicted octanol–water partition coefficient (Wildman–Crippen LogP) is 2.28. The van der Waals surface area contributed by atoms with Gasteiger partial charge in [0.25, 0.3) is 0 Å². The van der Waals surface area contributed by atoms with E-state index in [1.165, 1.54) is 12.1 Å². The monoisotopic (exact) mass is 208 g/mol. The largest absolute Gasteiger partial charge is 0.418 e. The molecule has 1 aromatic carbocycles. The number of nitrogen functional groups attached to an aromatic ring is 1. The van der Waals surface area contributed by atoms with Crippen molar-refractivity contribution in [2.75, 3.05) is 5.43 Å². The predicted molar refractivity (Wildman–Crippen MR) is 46.5 cm³/mol.